The molecule has 0 spiro atoms. The maximum Gasteiger partial charge on any atom is 0.338 e. The molecule has 0 bridgehead atoms. The molecular formula is C19H30O5. The maximum absolute atomic E-state index is 12.3. The van der Waals surface area contributed by atoms with E-state index < -0.39 is 5.97 Å². The van der Waals surface area contributed by atoms with Gasteiger partial charge < -0.3 is 18.9 Å². The third-order valence-electron chi connectivity index (χ3n) is 2.97. The lowest BCUT2D eigenvalue weighted by atomic mass is 10.1. The first-order valence-corrected chi connectivity index (χ1v) is 8.80. The molecular weight excluding hydrogens is 308 g/mol. The number of hydrogen-bond donors (Lipinski definition) is 0. The Hall–Kier alpha value is -1.91. The van der Waals surface area contributed by atoms with Crippen molar-refractivity contribution >= 4 is 5.97 Å². The number of carbonyl (C=O) groups excluding carboxylic acids is 1. The molecule has 136 valence electrons. The Balaban J connectivity index is 3.23. The maximum atomic E-state index is 12.3. The van der Waals surface area contributed by atoms with E-state index in [0.29, 0.717) is 42.6 Å². The summed E-state index contributed by atoms with van der Waals surface area (Å²) in [4.78, 5) is 12.3. The van der Waals surface area contributed by atoms with Crippen LogP contribution in [0.15, 0.2) is 12.1 Å². The van der Waals surface area contributed by atoms with Crippen molar-refractivity contribution in [2.75, 3.05) is 19.8 Å². The van der Waals surface area contributed by atoms with E-state index in [2.05, 4.69) is 0 Å². The molecule has 0 saturated heterocycles. The van der Waals surface area contributed by atoms with Crippen LogP contribution in [0.25, 0.3) is 0 Å². The van der Waals surface area contributed by atoms with Crippen molar-refractivity contribution in [2.24, 2.45) is 0 Å². The number of ether oxygens (including phenoxy) is 4. The zero-order valence-corrected chi connectivity index (χ0v) is 15.5. The van der Waals surface area contributed by atoms with E-state index in [0.717, 1.165) is 19.3 Å². The summed E-state index contributed by atoms with van der Waals surface area (Å²) in [5, 5.41) is 0. The molecule has 0 aliphatic heterocycles. The topological polar surface area (TPSA) is 54.0 Å². The van der Waals surface area contributed by atoms with Crippen LogP contribution in [0.3, 0.4) is 0 Å². The first kappa shape index (κ1) is 20.1. The van der Waals surface area contributed by atoms with Gasteiger partial charge in [-0.15, -0.1) is 0 Å². The second-order valence-corrected chi connectivity index (χ2v) is 5.80. The normalized spacial score (nSPS) is 10.6. The molecule has 0 heterocycles. The average Bonchev–Trinajstić information content (AvgIpc) is 2.55. The zero-order chi connectivity index (χ0) is 17.9. The summed E-state index contributed by atoms with van der Waals surface area (Å²) in [7, 11) is 0. The number of rotatable bonds is 11. The van der Waals surface area contributed by atoms with Gasteiger partial charge in [0.25, 0.3) is 0 Å². The molecule has 1 aromatic rings. The first-order chi connectivity index (χ1) is 11.5. The molecule has 1 rings (SSSR count). The van der Waals surface area contributed by atoms with Crippen molar-refractivity contribution in [2.45, 2.75) is 60.0 Å². The van der Waals surface area contributed by atoms with Crippen molar-refractivity contribution in [3.63, 3.8) is 0 Å². The van der Waals surface area contributed by atoms with Gasteiger partial charge in [0.15, 0.2) is 11.5 Å². The molecule has 0 unspecified atom stereocenters. The lowest BCUT2D eigenvalue weighted by Gasteiger charge is -2.18. The van der Waals surface area contributed by atoms with E-state index in [1.165, 1.54) is 0 Å². The van der Waals surface area contributed by atoms with E-state index in [4.69, 9.17) is 18.9 Å². The summed E-state index contributed by atoms with van der Waals surface area (Å²) < 4.78 is 22.7. The number of hydrogen-bond acceptors (Lipinski definition) is 5. The molecule has 5 nitrogen and oxygen atoms in total. The second-order valence-electron chi connectivity index (χ2n) is 5.80. The van der Waals surface area contributed by atoms with Crippen molar-refractivity contribution in [1.82, 2.24) is 0 Å². The second kappa shape index (κ2) is 10.8. The van der Waals surface area contributed by atoms with Crippen LogP contribution in [0.1, 0.15) is 64.2 Å². The van der Waals surface area contributed by atoms with Crippen molar-refractivity contribution in [3.05, 3.63) is 17.7 Å². The van der Waals surface area contributed by atoms with Crippen LogP contribution in [-0.4, -0.2) is 31.9 Å². The van der Waals surface area contributed by atoms with Gasteiger partial charge in [-0.3, -0.25) is 0 Å². The van der Waals surface area contributed by atoms with E-state index in [1.54, 1.807) is 12.1 Å². The van der Waals surface area contributed by atoms with Crippen molar-refractivity contribution in [1.29, 1.82) is 0 Å². The third kappa shape index (κ3) is 6.30. The summed E-state index contributed by atoms with van der Waals surface area (Å²) in [6.07, 6.45) is 2.41. The van der Waals surface area contributed by atoms with E-state index in [-0.39, 0.29) is 6.10 Å². The Labute approximate surface area is 145 Å². The summed E-state index contributed by atoms with van der Waals surface area (Å²) in [6.45, 7) is 11.4. The van der Waals surface area contributed by atoms with E-state index in [1.807, 2.05) is 34.6 Å². The molecule has 0 radical (unpaired) electrons. The SMILES string of the molecule is CCCOc1cc(C(=O)OC(C)C)cc(OCCC)c1OCCC. The van der Waals surface area contributed by atoms with Crippen molar-refractivity contribution in [3.8, 4) is 17.2 Å². The van der Waals surface area contributed by atoms with Gasteiger partial charge in [-0.1, -0.05) is 20.8 Å². The highest BCUT2D eigenvalue weighted by molar-refractivity contribution is 5.91. The molecule has 0 fully saturated rings. The van der Waals surface area contributed by atoms with Crippen LogP contribution >= 0.6 is 0 Å². The van der Waals surface area contributed by atoms with Gasteiger partial charge in [-0.25, -0.2) is 4.79 Å². The highest BCUT2D eigenvalue weighted by atomic mass is 16.5. The highest BCUT2D eigenvalue weighted by Gasteiger charge is 2.20. The van der Waals surface area contributed by atoms with E-state index >= 15 is 0 Å². The van der Waals surface area contributed by atoms with Gasteiger partial charge in [-0.2, -0.15) is 0 Å². The smallest absolute Gasteiger partial charge is 0.338 e. The molecule has 0 aliphatic carbocycles. The Morgan fingerprint density at radius 3 is 1.75 bits per heavy atom. The number of carbonyl (C=O) groups is 1. The number of esters is 1. The Kier molecular flexibility index (Phi) is 9.05. The van der Waals surface area contributed by atoms with Gasteiger partial charge in [0.1, 0.15) is 0 Å². The minimum Gasteiger partial charge on any atom is -0.490 e. The quantitative estimate of drug-likeness (QED) is 0.551. The average molecular weight is 338 g/mol. The predicted molar refractivity (Wildman–Crippen MR) is 94.4 cm³/mol. The molecule has 0 N–H and O–H groups in total. The Morgan fingerprint density at radius 2 is 1.33 bits per heavy atom. The first-order valence-electron chi connectivity index (χ1n) is 8.80. The molecule has 1 aromatic carbocycles. The predicted octanol–water partition coefficient (Wildman–Crippen LogP) is 4.62. The molecule has 0 saturated carbocycles. The molecule has 0 amide bonds. The van der Waals surface area contributed by atoms with E-state index in [9.17, 15) is 4.79 Å². The molecule has 24 heavy (non-hydrogen) atoms. The monoisotopic (exact) mass is 338 g/mol. The van der Waals surface area contributed by atoms with Gasteiger partial charge in [0.2, 0.25) is 5.75 Å². The van der Waals surface area contributed by atoms with Crippen LogP contribution in [-0.2, 0) is 4.74 Å². The lowest BCUT2D eigenvalue weighted by Crippen LogP contribution is -2.13. The molecule has 5 heteroatoms. The van der Waals surface area contributed by atoms with Gasteiger partial charge in [-0.05, 0) is 45.2 Å². The summed E-state index contributed by atoms with van der Waals surface area (Å²) in [5.41, 5.74) is 0.407. The van der Waals surface area contributed by atoms with Crippen molar-refractivity contribution < 1.29 is 23.7 Å². The minimum absolute atomic E-state index is 0.187. The zero-order valence-electron chi connectivity index (χ0n) is 15.5. The fourth-order valence-corrected chi connectivity index (χ4v) is 1.96. The molecule has 0 atom stereocenters. The summed E-state index contributed by atoms with van der Waals surface area (Å²) in [5.74, 6) is 1.21. The van der Waals surface area contributed by atoms with Crippen LogP contribution in [0.5, 0.6) is 17.2 Å². The standard InChI is InChI=1S/C19H30O5/c1-6-9-21-16-12-15(19(20)24-14(4)5)13-17(22-10-7-2)18(16)23-11-8-3/h12-14H,6-11H2,1-5H3. The van der Waals surface area contributed by atoms with Gasteiger partial charge >= 0.3 is 5.97 Å². The fourth-order valence-electron chi connectivity index (χ4n) is 1.96. The number of benzene rings is 1. The lowest BCUT2D eigenvalue weighted by molar-refractivity contribution is 0.0376. The fraction of sp³-hybridized carbons (Fsp3) is 0.632. The van der Waals surface area contributed by atoms with Crippen LogP contribution in [0, 0.1) is 0 Å². The Morgan fingerprint density at radius 1 is 0.875 bits per heavy atom. The highest BCUT2D eigenvalue weighted by Crippen LogP contribution is 2.39. The minimum atomic E-state index is -0.394. The van der Waals surface area contributed by atoms with Crippen LogP contribution < -0.4 is 14.2 Å². The van der Waals surface area contributed by atoms with Crippen LogP contribution in [0.4, 0.5) is 0 Å². The Bertz CT molecular complexity index is 481. The summed E-state index contributed by atoms with van der Waals surface area (Å²) >= 11 is 0. The van der Waals surface area contributed by atoms with Crippen LogP contribution in [0.2, 0.25) is 0 Å². The largest absolute Gasteiger partial charge is 0.490 e. The third-order valence-corrected chi connectivity index (χ3v) is 2.97. The molecule has 0 aromatic heterocycles. The molecule has 0 aliphatic rings. The van der Waals surface area contributed by atoms with Gasteiger partial charge in [0.05, 0.1) is 31.5 Å². The summed E-state index contributed by atoms with van der Waals surface area (Å²) in [6, 6.07) is 3.34. The van der Waals surface area contributed by atoms with Gasteiger partial charge in [0, 0.05) is 0 Å².